The van der Waals surface area contributed by atoms with E-state index < -0.39 is 0 Å². The van der Waals surface area contributed by atoms with Crippen molar-refractivity contribution in [2.45, 2.75) is 27.2 Å². The molecule has 2 rings (SSSR count). The maximum atomic E-state index is 12.3. The Labute approximate surface area is 119 Å². The molecule has 1 amide bonds. The number of rotatable bonds is 3. The molecule has 0 aliphatic carbocycles. The number of carbonyl (C=O) groups is 1. The van der Waals surface area contributed by atoms with E-state index in [1.54, 1.807) is 12.1 Å². The maximum Gasteiger partial charge on any atom is 0.255 e. The number of aromatic nitrogens is 1. The van der Waals surface area contributed by atoms with Crippen LogP contribution in [0.25, 0.3) is 0 Å². The first kappa shape index (κ1) is 14.1. The van der Waals surface area contributed by atoms with Gasteiger partial charge < -0.3 is 11.1 Å². The van der Waals surface area contributed by atoms with E-state index in [1.165, 1.54) is 0 Å². The van der Waals surface area contributed by atoms with Crippen LogP contribution in [0.5, 0.6) is 0 Å². The van der Waals surface area contributed by atoms with Crippen molar-refractivity contribution in [1.82, 2.24) is 4.98 Å². The molecule has 0 aliphatic heterocycles. The highest BCUT2D eigenvalue weighted by Gasteiger charge is 2.10. The molecule has 20 heavy (non-hydrogen) atoms. The summed E-state index contributed by atoms with van der Waals surface area (Å²) >= 11 is 0. The molecule has 1 aromatic heterocycles. The summed E-state index contributed by atoms with van der Waals surface area (Å²) in [6.45, 7) is 5.99. The van der Waals surface area contributed by atoms with Crippen molar-refractivity contribution in [1.29, 1.82) is 0 Å². The first-order valence-corrected chi connectivity index (χ1v) is 6.65. The Kier molecular flexibility index (Phi) is 4.03. The number of nitrogens with one attached hydrogen (secondary N) is 1. The van der Waals surface area contributed by atoms with Gasteiger partial charge in [0.05, 0.1) is 0 Å². The van der Waals surface area contributed by atoms with Crippen LogP contribution in [0.4, 0.5) is 11.5 Å². The minimum Gasteiger partial charge on any atom is -0.384 e. The van der Waals surface area contributed by atoms with E-state index in [0.717, 1.165) is 28.9 Å². The number of aryl methyl sites for hydroxylation is 2. The van der Waals surface area contributed by atoms with Crippen LogP contribution in [0, 0.1) is 13.8 Å². The summed E-state index contributed by atoms with van der Waals surface area (Å²) in [5, 5.41) is 2.92. The highest BCUT2D eigenvalue weighted by Crippen LogP contribution is 2.19. The molecule has 0 unspecified atom stereocenters. The average molecular weight is 269 g/mol. The normalized spacial score (nSPS) is 10.3. The zero-order chi connectivity index (χ0) is 14.7. The van der Waals surface area contributed by atoms with Crippen LogP contribution < -0.4 is 11.1 Å². The van der Waals surface area contributed by atoms with Crippen LogP contribution >= 0.6 is 0 Å². The summed E-state index contributed by atoms with van der Waals surface area (Å²) in [5.41, 5.74) is 10.1. The number of benzene rings is 1. The number of carbonyl (C=O) groups excluding carboxylic acids is 1. The Morgan fingerprint density at radius 2 is 2.05 bits per heavy atom. The van der Waals surface area contributed by atoms with Gasteiger partial charge in [-0.25, -0.2) is 4.98 Å². The van der Waals surface area contributed by atoms with Gasteiger partial charge in [-0.1, -0.05) is 19.1 Å². The van der Waals surface area contributed by atoms with Gasteiger partial charge in [0.15, 0.2) is 0 Å². The minimum atomic E-state index is -0.164. The van der Waals surface area contributed by atoms with E-state index in [9.17, 15) is 4.79 Å². The quantitative estimate of drug-likeness (QED) is 0.899. The SMILES string of the molecule is CCc1cc(C(=O)Nc2cccc(C)c2C)cc(N)n1. The number of hydrogen-bond acceptors (Lipinski definition) is 3. The van der Waals surface area contributed by atoms with Crippen molar-refractivity contribution < 1.29 is 4.79 Å². The number of hydrogen-bond donors (Lipinski definition) is 2. The largest absolute Gasteiger partial charge is 0.384 e. The zero-order valence-corrected chi connectivity index (χ0v) is 12.0. The Morgan fingerprint density at radius 3 is 2.75 bits per heavy atom. The number of pyridine rings is 1. The van der Waals surface area contributed by atoms with Crippen LogP contribution in [0.1, 0.15) is 34.1 Å². The third kappa shape index (κ3) is 2.96. The fourth-order valence-electron chi connectivity index (χ4n) is 2.00. The molecule has 0 atom stereocenters. The van der Waals surface area contributed by atoms with E-state index in [2.05, 4.69) is 10.3 Å². The molecule has 2 aromatic rings. The highest BCUT2D eigenvalue weighted by atomic mass is 16.1. The molecule has 0 saturated carbocycles. The molecule has 0 fully saturated rings. The van der Waals surface area contributed by atoms with Crippen molar-refractivity contribution in [2.24, 2.45) is 0 Å². The number of anilines is 2. The lowest BCUT2D eigenvalue weighted by atomic mass is 10.1. The molecule has 0 saturated heterocycles. The maximum absolute atomic E-state index is 12.3. The predicted molar refractivity (Wildman–Crippen MR) is 81.9 cm³/mol. The lowest BCUT2D eigenvalue weighted by molar-refractivity contribution is 0.102. The Balaban J connectivity index is 2.28. The van der Waals surface area contributed by atoms with Crippen LogP contribution in [-0.2, 0) is 6.42 Å². The summed E-state index contributed by atoms with van der Waals surface area (Å²) in [4.78, 5) is 16.5. The number of nitrogens with zero attached hydrogens (tertiary/aromatic N) is 1. The van der Waals surface area contributed by atoms with Gasteiger partial charge in [-0.2, -0.15) is 0 Å². The molecule has 4 nitrogen and oxygen atoms in total. The van der Waals surface area contributed by atoms with Gasteiger partial charge in [-0.3, -0.25) is 4.79 Å². The second kappa shape index (κ2) is 5.74. The molecule has 0 spiro atoms. The fraction of sp³-hybridized carbons (Fsp3) is 0.250. The standard InChI is InChI=1S/C16H19N3O/c1-4-13-8-12(9-15(17)18-13)16(20)19-14-7-5-6-10(2)11(14)3/h5-9H,4H2,1-3H3,(H2,17,18)(H,19,20). The summed E-state index contributed by atoms with van der Waals surface area (Å²) in [6.07, 6.45) is 0.745. The van der Waals surface area contributed by atoms with Crippen molar-refractivity contribution in [3.63, 3.8) is 0 Å². The van der Waals surface area contributed by atoms with Gasteiger partial charge in [0.25, 0.3) is 5.91 Å². The van der Waals surface area contributed by atoms with Gasteiger partial charge in [-0.05, 0) is 49.6 Å². The van der Waals surface area contributed by atoms with E-state index in [1.807, 2.05) is 39.0 Å². The van der Waals surface area contributed by atoms with E-state index >= 15 is 0 Å². The Morgan fingerprint density at radius 1 is 1.30 bits per heavy atom. The summed E-state index contributed by atoms with van der Waals surface area (Å²) in [5.74, 6) is 0.206. The molecular formula is C16H19N3O. The van der Waals surface area contributed by atoms with Crippen LogP contribution in [0.3, 0.4) is 0 Å². The molecule has 4 heteroatoms. The highest BCUT2D eigenvalue weighted by molar-refractivity contribution is 6.05. The molecule has 3 N–H and O–H groups in total. The molecule has 0 bridgehead atoms. The summed E-state index contributed by atoms with van der Waals surface area (Å²) < 4.78 is 0. The van der Waals surface area contributed by atoms with Crippen LogP contribution in [0.15, 0.2) is 30.3 Å². The average Bonchev–Trinajstić information content (AvgIpc) is 2.43. The fourth-order valence-corrected chi connectivity index (χ4v) is 2.00. The van der Waals surface area contributed by atoms with Crippen LogP contribution in [-0.4, -0.2) is 10.9 Å². The second-order valence-electron chi connectivity index (χ2n) is 4.83. The zero-order valence-electron chi connectivity index (χ0n) is 12.0. The van der Waals surface area contributed by atoms with E-state index in [4.69, 9.17) is 5.73 Å². The first-order valence-electron chi connectivity index (χ1n) is 6.65. The molecule has 104 valence electrons. The smallest absolute Gasteiger partial charge is 0.255 e. The van der Waals surface area contributed by atoms with Crippen LogP contribution in [0.2, 0.25) is 0 Å². The molecule has 0 radical (unpaired) electrons. The summed E-state index contributed by atoms with van der Waals surface area (Å²) in [7, 11) is 0. The first-order chi connectivity index (χ1) is 9.51. The lowest BCUT2D eigenvalue weighted by Gasteiger charge is -2.11. The molecule has 1 heterocycles. The summed E-state index contributed by atoms with van der Waals surface area (Å²) in [6, 6.07) is 9.21. The van der Waals surface area contributed by atoms with Gasteiger partial charge >= 0.3 is 0 Å². The lowest BCUT2D eigenvalue weighted by Crippen LogP contribution is -2.14. The monoisotopic (exact) mass is 269 g/mol. The second-order valence-corrected chi connectivity index (χ2v) is 4.83. The van der Waals surface area contributed by atoms with Gasteiger partial charge in [0.1, 0.15) is 5.82 Å². The topological polar surface area (TPSA) is 68.0 Å². The van der Waals surface area contributed by atoms with Crippen molar-refractivity contribution in [2.75, 3.05) is 11.1 Å². The number of nitrogen functional groups attached to an aromatic ring is 1. The van der Waals surface area contributed by atoms with Crippen molar-refractivity contribution in [3.8, 4) is 0 Å². The van der Waals surface area contributed by atoms with Gasteiger partial charge in [-0.15, -0.1) is 0 Å². The number of nitrogens with two attached hydrogens (primary N) is 1. The molecule has 0 aliphatic rings. The minimum absolute atomic E-state index is 0.164. The number of amides is 1. The Hall–Kier alpha value is -2.36. The Bertz CT molecular complexity index is 650. The van der Waals surface area contributed by atoms with Gasteiger partial charge in [0, 0.05) is 16.9 Å². The van der Waals surface area contributed by atoms with E-state index in [0.29, 0.717) is 11.4 Å². The van der Waals surface area contributed by atoms with Crippen molar-refractivity contribution in [3.05, 3.63) is 52.7 Å². The van der Waals surface area contributed by atoms with Crippen molar-refractivity contribution >= 4 is 17.4 Å². The third-order valence-electron chi connectivity index (χ3n) is 3.38. The van der Waals surface area contributed by atoms with Gasteiger partial charge in [0.2, 0.25) is 0 Å². The third-order valence-corrected chi connectivity index (χ3v) is 3.38. The van der Waals surface area contributed by atoms with E-state index in [-0.39, 0.29) is 5.91 Å². The predicted octanol–water partition coefficient (Wildman–Crippen LogP) is 3.10. The molecular weight excluding hydrogens is 250 g/mol. The molecule has 1 aromatic carbocycles.